The highest BCUT2D eigenvalue weighted by Crippen LogP contribution is 2.30. The molecular formula is C13H20N2O3S. The van der Waals surface area contributed by atoms with Crippen molar-refractivity contribution in [3.05, 3.63) is 11.1 Å². The van der Waals surface area contributed by atoms with Crippen LogP contribution in [0.15, 0.2) is 5.38 Å². The molecule has 106 valence electrons. The summed E-state index contributed by atoms with van der Waals surface area (Å²) in [7, 11) is 0. The number of ether oxygens (including phenoxy) is 2. The number of carbonyl (C=O) groups is 1. The number of aromatic nitrogens is 1. The lowest BCUT2D eigenvalue weighted by Gasteiger charge is -2.33. The fourth-order valence-corrected chi connectivity index (χ4v) is 2.66. The Kier molecular flexibility index (Phi) is 4.76. The molecule has 2 rings (SSSR count). The fourth-order valence-electron chi connectivity index (χ4n) is 1.98. The summed E-state index contributed by atoms with van der Waals surface area (Å²) >= 11 is 1.44. The minimum Gasteiger partial charge on any atom is -0.461 e. The highest BCUT2D eigenvalue weighted by molar-refractivity contribution is 7.13. The Labute approximate surface area is 117 Å². The number of hydrogen-bond donors (Lipinski definition) is 1. The van der Waals surface area contributed by atoms with Gasteiger partial charge in [-0.2, -0.15) is 0 Å². The molecule has 1 N–H and O–H groups in total. The van der Waals surface area contributed by atoms with Crippen LogP contribution in [0.2, 0.25) is 0 Å². The molecule has 0 radical (unpaired) electrons. The maximum absolute atomic E-state index is 11.5. The van der Waals surface area contributed by atoms with Gasteiger partial charge in [-0.05, 0) is 25.2 Å². The fraction of sp³-hybridized carbons (Fsp3) is 0.692. The highest BCUT2D eigenvalue weighted by atomic mass is 32.1. The van der Waals surface area contributed by atoms with Crippen LogP contribution in [-0.4, -0.2) is 37.3 Å². The molecule has 1 aliphatic rings. The van der Waals surface area contributed by atoms with E-state index in [4.69, 9.17) is 9.47 Å². The van der Waals surface area contributed by atoms with Crippen LogP contribution in [0.3, 0.4) is 0 Å². The molecule has 1 fully saturated rings. The highest BCUT2D eigenvalue weighted by Gasteiger charge is 2.27. The van der Waals surface area contributed by atoms with E-state index < -0.39 is 0 Å². The number of anilines is 1. The van der Waals surface area contributed by atoms with Crippen molar-refractivity contribution in [2.75, 3.05) is 31.7 Å². The molecule has 0 unspecified atom stereocenters. The van der Waals surface area contributed by atoms with Crippen LogP contribution in [0.25, 0.3) is 0 Å². The smallest absolute Gasteiger partial charge is 0.357 e. The van der Waals surface area contributed by atoms with Crippen LogP contribution >= 0.6 is 11.3 Å². The van der Waals surface area contributed by atoms with Gasteiger partial charge in [-0.1, -0.05) is 6.92 Å². The first-order valence-corrected chi connectivity index (χ1v) is 7.45. The Balaban J connectivity index is 1.87. The lowest BCUT2D eigenvalue weighted by molar-refractivity contribution is 0.0300. The summed E-state index contributed by atoms with van der Waals surface area (Å²) in [5.74, 6) is -0.357. The molecule has 6 heteroatoms. The van der Waals surface area contributed by atoms with Gasteiger partial charge in [0.15, 0.2) is 10.8 Å². The van der Waals surface area contributed by atoms with Crippen LogP contribution in [-0.2, 0) is 9.47 Å². The Morgan fingerprint density at radius 1 is 1.58 bits per heavy atom. The van der Waals surface area contributed by atoms with E-state index in [1.54, 1.807) is 12.3 Å². The molecule has 0 bridgehead atoms. The van der Waals surface area contributed by atoms with Crippen molar-refractivity contribution in [2.45, 2.75) is 26.7 Å². The van der Waals surface area contributed by atoms with Gasteiger partial charge in [0, 0.05) is 25.1 Å². The largest absolute Gasteiger partial charge is 0.461 e. The third kappa shape index (κ3) is 3.91. The number of esters is 1. The molecule has 0 aliphatic carbocycles. The molecule has 0 saturated carbocycles. The zero-order valence-electron chi connectivity index (χ0n) is 11.4. The quantitative estimate of drug-likeness (QED) is 0.842. The number of nitrogens with one attached hydrogen (secondary N) is 1. The number of hydrogen-bond acceptors (Lipinski definition) is 6. The van der Waals surface area contributed by atoms with Gasteiger partial charge in [0.25, 0.3) is 0 Å². The van der Waals surface area contributed by atoms with Crippen molar-refractivity contribution in [1.29, 1.82) is 0 Å². The lowest BCUT2D eigenvalue weighted by atomic mass is 9.82. The van der Waals surface area contributed by atoms with Crippen molar-refractivity contribution >= 4 is 22.4 Å². The van der Waals surface area contributed by atoms with Gasteiger partial charge in [0.1, 0.15) is 0 Å². The molecule has 2 heterocycles. The van der Waals surface area contributed by atoms with Crippen molar-refractivity contribution in [2.24, 2.45) is 5.41 Å². The minimum atomic E-state index is -0.357. The van der Waals surface area contributed by atoms with Gasteiger partial charge >= 0.3 is 5.97 Å². The molecular weight excluding hydrogens is 264 g/mol. The van der Waals surface area contributed by atoms with E-state index in [1.165, 1.54) is 11.3 Å². The second-order valence-electron chi connectivity index (χ2n) is 5.03. The third-order valence-corrected chi connectivity index (χ3v) is 4.16. The number of rotatable bonds is 5. The van der Waals surface area contributed by atoms with Crippen molar-refractivity contribution in [1.82, 2.24) is 4.98 Å². The van der Waals surface area contributed by atoms with E-state index in [1.807, 2.05) is 0 Å². The SMILES string of the molecule is CCOC(=O)c1csc(NCC2(C)CCOCC2)n1. The summed E-state index contributed by atoms with van der Waals surface area (Å²) < 4.78 is 10.3. The van der Waals surface area contributed by atoms with Crippen LogP contribution < -0.4 is 5.32 Å². The number of nitrogens with zero attached hydrogens (tertiary/aromatic N) is 1. The van der Waals surface area contributed by atoms with Gasteiger partial charge in [-0.3, -0.25) is 0 Å². The van der Waals surface area contributed by atoms with Gasteiger partial charge < -0.3 is 14.8 Å². The van der Waals surface area contributed by atoms with Gasteiger partial charge in [0.05, 0.1) is 6.61 Å². The Hall–Kier alpha value is -1.14. The summed E-state index contributed by atoms with van der Waals surface area (Å²) in [4.78, 5) is 15.8. The summed E-state index contributed by atoms with van der Waals surface area (Å²) in [5.41, 5.74) is 0.625. The Bertz CT molecular complexity index is 427. The Morgan fingerprint density at radius 2 is 2.32 bits per heavy atom. The summed E-state index contributed by atoms with van der Waals surface area (Å²) in [5, 5.41) is 5.82. The monoisotopic (exact) mass is 284 g/mol. The van der Waals surface area contributed by atoms with Crippen LogP contribution in [0.5, 0.6) is 0 Å². The lowest BCUT2D eigenvalue weighted by Crippen LogP contribution is -2.33. The van der Waals surface area contributed by atoms with Crippen molar-refractivity contribution in [3.63, 3.8) is 0 Å². The van der Waals surface area contributed by atoms with Crippen LogP contribution in [0.4, 0.5) is 5.13 Å². The molecule has 0 atom stereocenters. The predicted octanol–water partition coefficient (Wildman–Crippen LogP) is 2.55. The third-order valence-electron chi connectivity index (χ3n) is 3.36. The first-order chi connectivity index (χ1) is 9.13. The molecule has 1 aliphatic heterocycles. The van der Waals surface area contributed by atoms with Gasteiger partial charge in [-0.25, -0.2) is 9.78 Å². The second-order valence-corrected chi connectivity index (χ2v) is 5.89. The minimum absolute atomic E-state index is 0.244. The summed E-state index contributed by atoms with van der Waals surface area (Å²) in [6, 6.07) is 0. The number of thiazole rings is 1. The van der Waals surface area contributed by atoms with Crippen molar-refractivity contribution < 1.29 is 14.3 Å². The van der Waals surface area contributed by atoms with Gasteiger partial charge in [0.2, 0.25) is 0 Å². The van der Waals surface area contributed by atoms with Gasteiger partial charge in [-0.15, -0.1) is 11.3 Å². The van der Waals surface area contributed by atoms with E-state index in [0.29, 0.717) is 12.3 Å². The molecule has 0 amide bonds. The Morgan fingerprint density at radius 3 is 3.00 bits per heavy atom. The van der Waals surface area contributed by atoms with Crippen molar-refractivity contribution in [3.8, 4) is 0 Å². The maximum atomic E-state index is 11.5. The number of carbonyl (C=O) groups excluding carboxylic acids is 1. The molecule has 0 spiro atoms. The van der Waals surface area contributed by atoms with E-state index >= 15 is 0 Å². The molecule has 1 saturated heterocycles. The van der Waals surface area contributed by atoms with E-state index in [2.05, 4.69) is 17.2 Å². The second kappa shape index (κ2) is 6.34. The zero-order valence-corrected chi connectivity index (χ0v) is 12.2. The molecule has 0 aromatic carbocycles. The maximum Gasteiger partial charge on any atom is 0.357 e. The first kappa shape index (κ1) is 14.3. The standard InChI is InChI=1S/C13H20N2O3S/c1-3-18-11(16)10-8-19-12(15-10)14-9-13(2)4-6-17-7-5-13/h8H,3-7,9H2,1-2H3,(H,14,15). The first-order valence-electron chi connectivity index (χ1n) is 6.57. The van der Waals surface area contributed by atoms with E-state index in [9.17, 15) is 4.79 Å². The van der Waals surface area contributed by atoms with E-state index in [-0.39, 0.29) is 11.4 Å². The predicted molar refractivity (Wildman–Crippen MR) is 74.7 cm³/mol. The summed E-state index contributed by atoms with van der Waals surface area (Å²) in [6.07, 6.45) is 2.10. The molecule has 19 heavy (non-hydrogen) atoms. The zero-order chi connectivity index (χ0) is 13.7. The molecule has 5 nitrogen and oxygen atoms in total. The molecule has 1 aromatic heterocycles. The normalized spacial score (nSPS) is 18.0. The summed E-state index contributed by atoms with van der Waals surface area (Å²) in [6.45, 7) is 6.91. The van der Waals surface area contributed by atoms with Crippen LogP contribution in [0, 0.1) is 5.41 Å². The molecule has 1 aromatic rings. The topological polar surface area (TPSA) is 60.5 Å². The van der Waals surface area contributed by atoms with E-state index in [0.717, 1.165) is 37.7 Å². The average Bonchev–Trinajstić information content (AvgIpc) is 2.87. The van der Waals surface area contributed by atoms with Crippen LogP contribution in [0.1, 0.15) is 37.2 Å². The average molecular weight is 284 g/mol.